The number of carbonyl (C=O) groups is 1. The Morgan fingerprint density at radius 2 is 2.00 bits per heavy atom. The molecule has 2 heteroatoms. The highest BCUT2D eigenvalue weighted by molar-refractivity contribution is 6.01. The van der Waals surface area contributed by atoms with Gasteiger partial charge in [0.15, 0.2) is 5.78 Å². The van der Waals surface area contributed by atoms with Gasteiger partial charge in [0.25, 0.3) is 0 Å². The van der Waals surface area contributed by atoms with E-state index in [9.17, 15) is 4.79 Å². The fourth-order valence-electron chi connectivity index (χ4n) is 2.03. The molecule has 0 N–H and O–H groups in total. The van der Waals surface area contributed by atoms with Gasteiger partial charge in [0.2, 0.25) is 0 Å². The van der Waals surface area contributed by atoms with E-state index >= 15 is 0 Å². The lowest BCUT2D eigenvalue weighted by atomic mass is 9.97. The van der Waals surface area contributed by atoms with Gasteiger partial charge in [-0.15, -0.1) is 0 Å². The van der Waals surface area contributed by atoms with Gasteiger partial charge >= 0.3 is 0 Å². The summed E-state index contributed by atoms with van der Waals surface area (Å²) >= 11 is 0. The fraction of sp³-hybridized carbons (Fsp3) is 0.562. The first-order chi connectivity index (χ1) is 8.47. The van der Waals surface area contributed by atoms with E-state index < -0.39 is 0 Å². The summed E-state index contributed by atoms with van der Waals surface area (Å²) in [5, 5.41) is 0. The SMILES string of the molecule is CCCCN(C)C(C)C(=O)c1cc(C)ccc1C. The van der Waals surface area contributed by atoms with Crippen LogP contribution >= 0.6 is 0 Å². The average molecular weight is 247 g/mol. The lowest BCUT2D eigenvalue weighted by Crippen LogP contribution is -2.37. The molecule has 0 amide bonds. The van der Waals surface area contributed by atoms with Crippen molar-refractivity contribution in [3.05, 3.63) is 34.9 Å². The molecule has 1 unspecified atom stereocenters. The van der Waals surface area contributed by atoms with Gasteiger partial charge in [-0.2, -0.15) is 0 Å². The third-order valence-electron chi connectivity index (χ3n) is 3.56. The Balaban J connectivity index is 2.82. The normalized spacial score (nSPS) is 12.8. The van der Waals surface area contributed by atoms with Gasteiger partial charge in [-0.25, -0.2) is 0 Å². The van der Waals surface area contributed by atoms with Gasteiger partial charge in [-0.3, -0.25) is 9.69 Å². The van der Waals surface area contributed by atoms with Gasteiger partial charge in [0, 0.05) is 5.56 Å². The van der Waals surface area contributed by atoms with Crippen LogP contribution in [0.5, 0.6) is 0 Å². The van der Waals surface area contributed by atoms with Crippen LogP contribution in [0, 0.1) is 13.8 Å². The predicted octanol–water partition coefficient (Wildman–Crippen LogP) is 3.61. The number of hydrogen-bond acceptors (Lipinski definition) is 2. The number of nitrogens with zero attached hydrogens (tertiary/aromatic N) is 1. The molecular formula is C16H25NO. The van der Waals surface area contributed by atoms with E-state index in [2.05, 4.69) is 17.9 Å². The molecule has 0 radical (unpaired) electrons. The Morgan fingerprint density at radius 1 is 1.33 bits per heavy atom. The number of unbranched alkanes of at least 4 members (excludes halogenated alkanes) is 1. The Labute approximate surface area is 111 Å². The minimum Gasteiger partial charge on any atom is -0.297 e. The molecular weight excluding hydrogens is 222 g/mol. The van der Waals surface area contributed by atoms with Crippen LogP contribution in [-0.4, -0.2) is 30.3 Å². The second-order valence-electron chi connectivity index (χ2n) is 5.19. The van der Waals surface area contributed by atoms with Gasteiger partial charge in [-0.05, 0) is 52.4 Å². The summed E-state index contributed by atoms with van der Waals surface area (Å²) in [6, 6.07) is 6.04. The van der Waals surface area contributed by atoms with Crippen molar-refractivity contribution in [1.82, 2.24) is 4.90 Å². The van der Waals surface area contributed by atoms with E-state index in [1.165, 1.54) is 0 Å². The molecule has 0 aliphatic carbocycles. The van der Waals surface area contributed by atoms with Crippen LogP contribution in [0.25, 0.3) is 0 Å². The monoisotopic (exact) mass is 247 g/mol. The number of aryl methyl sites for hydroxylation is 2. The Kier molecular flexibility index (Phi) is 5.54. The number of Topliss-reactive ketones (excluding diaryl/α,β-unsaturated/α-hetero) is 1. The summed E-state index contributed by atoms with van der Waals surface area (Å²) in [6.07, 6.45) is 2.30. The largest absolute Gasteiger partial charge is 0.297 e. The first-order valence-electron chi connectivity index (χ1n) is 6.79. The van der Waals surface area contributed by atoms with Crippen molar-refractivity contribution in [2.45, 2.75) is 46.6 Å². The molecule has 0 bridgehead atoms. The molecule has 2 nitrogen and oxygen atoms in total. The molecule has 1 aromatic carbocycles. The summed E-state index contributed by atoms with van der Waals surface area (Å²) in [6.45, 7) is 9.19. The summed E-state index contributed by atoms with van der Waals surface area (Å²) in [5.41, 5.74) is 3.08. The third kappa shape index (κ3) is 3.67. The van der Waals surface area contributed by atoms with E-state index in [1.54, 1.807) is 0 Å². The van der Waals surface area contributed by atoms with Crippen LogP contribution in [0.15, 0.2) is 18.2 Å². The topological polar surface area (TPSA) is 20.3 Å². The Hall–Kier alpha value is -1.15. The van der Waals surface area contributed by atoms with E-state index in [0.29, 0.717) is 0 Å². The van der Waals surface area contributed by atoms with Gasteiger partial charge < -0.3 is 0 Å². The van der Waals surface area contributed by atoms with Crippen molar-refractivity contribution in [2.75, 3.05) is 13.6 Å². The molecule has 0 fully saturated rings. The predicted molar refractivity (Wildman–Crippen MR) is 77.2 cm³/mol. The number of likely N-dealkylation sites (N-methyl/N-ethyl adjacent to an activating group) is 1. The maximum absolute atomic E-state index is 12.5. The molecule has 1 rings (SSSR count). The highest BCUT2D eigenvalue weighted by atomic mass is 16.1. The van der Waals surface area contributed by atoms with Crippen molar-refractivity contribution in [3.63, 3.8) is 0 Å². The zero-order valence-corrected chi connectivity index (χ0v) is 12.3. The lowest BCUT2D eigenvalue weighted by Gasteiger charge is -2.24. The second kappa shape index (κ2) is 6.69. The molecule has 0 aliphatic rings. The van der Waals surface area contributed by atoms with Crippen LogP contribution in [0.1, 0.15) is 48.2 Å². The quantitative estimate of drug-likeness (QED) is 0.716. The van der Waals surface area contributed by atoms with Gasteiger partial charge in [0.1, 0.15) is 0 Å². The van der Waals surface area contributed by atoms with Gasteiger partial charge in [0.05, 0.1) is 6.04 Å². The van der Waals surface area contributed by atoms with Crippen LogP contribution in [0.3, 0.4) is 0 Å². The van der Waals surface area contributed by atoms with E-state index in [1.807, 2.05) is 40.0 Å². The van der Waals surface area contributed by atoms with Crippen LogP contribution in [0.4, 0.5) is 0 Å². The van der Waals surface area contributed by atoms with Crippen molar-refractivity contribution < 1.29 is 4.79 Å². The first-order valence-corrected chi connectivity index (χ1v) is 6.79. The maximum Gasteiger partial charge on any atom is 0.179 e. The maximum atomic E-state index is 12.5. The summed E-state index contributed by atoms with van der Waals surface area (Å²) in [4.78, 5) is 14.6. The zero-order valence-electron chi connectivity index (χ0n) is 12.3. The van der Waals surface area contributed by atoms with Crippen molar-refractivity contribution >= 4 is 5.78 Å². The van der Waals surface area contributed by atoms with Gasteiger partial charge in [-0.1, -0.05) is 31.0 Å². The molecule has 1 atom stereocenters. The van der Waals surface area contributed by atoms with Crippen LogP contribution in [0.2, 0.25) is 0 Å². The summed E-state index contributed by atoms with van der Waals surface area (Å²) < 4.78 is 0. The molecule has 0 aromatic heterocycles. The lowest BCUT2D eigenvalue weighted by molar-refractivity contribution is 0.0866. The molecule has 0 heterocycles. The molecule has 0 saturated heterocycles. The van der Waals surface area contributed by atoms with E-state index in [0.717, 1.165) is 36.1 Å². The molecule has 0 spiro atoms. The molecule has 1 aromatic rings. The minimum atomic E-state index is -0.0444. The average Bonchev–Trinajstić information content (AvgIpc) is 2.37. The van der Waals surface area contributed by atoms with Crippen molar-refractivity contribution in [1.29, 1.82) is 0 Å². The van der Waals surface area contributed by atoms with Crippen molar-refractivity contribution in [3.8, 4) is 0 Å². The fourth-order valence-corrected chi connectivity index (χ4v) is 2.03. The first kappa shape index (κ1) is 14.9. The smallest absolute Gasteiger partial charge is 0.179 e. The third-order valence-corrected chi connectivity index (χ3v) is 3.56. The zero-order chi connectivity index (χ0) is 13.7. The minimum absolute atomic E-state index is 0.0444. The number of carbonyl (C=O) groups excluding carboxylic acids is 1. The molecule has 0 saturated carbocycles. The Bertz CT molecular complexity index is 412. The number of hydrogen-bond donors (Lipinski definition) is 0. The van der Waals surface area contributed by atoms with Crippen molar-refractivity contribution in [2.24, 2.45) is 0 Å². The number of rotatable bonds is 6. The molecule has 0 aliphatic heterocycles. The number of benzene rings is 1. The summed E-state index contributed by atoms with van der Waals surface area (Å²) in [7, 11) is 2.03. The second-order valence-corrected chi connectivity index (χ2v) is 5.19. The molecule has 100 valence electrons. The molecule has 18 heavy (non-hydrogen) atoms. The van der Waals surface area contributed by atoms with Crippen LogP contribution < -0.4 is 0 Å². The Morgan fingerprint density at radius 3 is 2.61 bits per heavy atom. The highest BCUT2D eigenvalue weighted by Crippen LogP contribution is 2.15. The summed E-state index contributed by atoms with van der Waals surface area (Å²) in [5.74, 6) is 0.231. The highest BCUT2D eigenvalue weighted by Gasteiger charge is 2.20. The standard InChI is InChI=1S/C16H25NO/c1-6-7-10-17(5)14(4)16(18)15-11-12(2)8-9-13(15)3/h8-9,11,14H,6-7,10H2,1-5H3. The number of ketones is 1. The van der Waals surface area contributed by atoms with E-state index in [-0.39, 0.29) is 11.8 Å². The van der Waals surface area contributed by atoms with Crippen LogP contribution in [-0.2, 0) is 0 Å². The van der Waals surface area contributed by atoms with E-state index in [4.69, 9.17) is 0 Å².